The first-order valence-corrected chi connectivity index (χ1v) is 9.09. The molecule has 0 heterocycles. The minimum Gasteiger partial charge on any atom is -0.314 e. The number of hydrogen-bond acceptors (Lipinski definition) is 3. The zero-order valence-electron chi connectivity index (χ0n) is 13.7. The largest absolute Gasteiger partial charge is 0.314 e. The number of rotatable bonds is 9. The molecular weight excluding hydrogens is 260 g/mol. The molecule has 19 heavy (non-hydrogen) atoms. The fourth-order valence-electron chi connectivity index (χ4n) is 2.28. The predicted molar refractivity (Wildman–Crippen MR) is 82.8 cm³/mol. The van der Waals surface area contributed by atoms with Crippen molar-refractivity contribution in [2.24, 2.45) is 5.92 Å². The van der Waals surface area contributed by atoms with Gasteiger partial charge in [-0.05, 0) is 32.2 Å². The monoisotopic (exact) mass is 292 g/mol. The molecule has 0 fully saturated rings. The second-order valence-corrected chi connectivity index (χ2v) is 8.14. The molecule has 0 aromatic carbocycles. The van der Waals surface area contributed by atoms with Crippen LogP contribution < -0.4 is 5.32 Å². The summed E-state index contributed by atoms with van der Waals surface area (Å²) in [5.41, 5.74) is -0.299. The highest BCUT2D eigenvalue weighted by Gasteiger charge is 2.35. The summed E-state index contributed by atoms with van der Waals surface area (Å²) in [6.45, 7) is 11.5. The maximum Gasteiger partial charge on any atom is 0.211 e. The smallest absolute Gasteiger partial charge is 0.211 e. The third-order valence-electron chi connectivity index (χ3n) is 4.14. The molecule has 0 rings (SSSR count). The minimum atomic E-state index is -3.14. The molecule has 4 nitrogen and oxygen atoms in total. The van der Waals surface area contributed by atoms with E-state index in [4.69, 9.17) is 0 Å². The summed E-state index contributed by atoms with van der Waals surface area (Å²) in [5.74, 6) is 0.497. The fourth-order valence-corrected chi connectivity index (χ4v) is 3.29. The van der Waals surface area contributed by atoms with Gasteiger partial charge in [-0.25, -0.2) is 8.42 Å². The van der Waals surface area contributed by atoms with Gasteiger partial charge in [0.15, 0.2) is 0 Å². The van der Waals surface area contributed by atoms with Gasteiger partial charge in [-0.2, -0.15) is 4.31 Å². The second kappa shape index (κ2) is 7.60. The highest BCUT2D eigenvalue weighted by atomic mass is 32.2. The molecule has 0 aliphatic heterocycles. The third kappa shape index (κ3) is 6.23. The molecule has 0 saturated carbocycles. The van der Waals surface area contributed by atoms with Crippen LogP contribution in [-0.4, -0.2) is 44.2 Å². The number of nitrogens with zero attached hydrogens (tertiary/aromatic N) is 1. The van der Waals surface area contributed by atoms with Crippen LogP contribution in [0.25, 0.3) is 0 Å². The van der Waals surface area contributed by atoms with Crippen LogP contribution in [0.3, 0.4) is 0 Å². The first-order valence-electron chi connectivity index (χ1n) is 7.24. The van der Waals surface area contributed by atoms with Crippen LogP contribution in [0.15, 0.2) is 0 Å². The van der Waals surface area contributed by atoms with Crippen molar-refractivity contribution >= 4 is 10.0 Å². The lowest BCUT2D eigenvalue weighted by molar-refractivity contribution is 0.178. The van der Waals surface area contributed by atoms with E-state index in [1.807, 2.05) is 6.92 Å². The molecule has 0 aromatic heterocycles. The molecule has 2 unspecified atom stereocenters. The molecule has 0 radical (unpaired) electrons. The lowest BCUT2D eigenvalue weighted by Gasteiger charge is -2.39. The van der Waals surface area contributed by atoms with Crippen molar-refractivity contribution in [3.63, 3.8) is 0 Å². The Labute approximate surface area is 120 Å². The second-order valence-electron chi connectivity index (χ2n) is 6.12. The van der Waals surface area contributed by atoms with Gasteiger partial charge in [0.25, 0.3) is 0 Å². The molecule has 2 atom stereocenters. The minimum absolute atomic E-state index is 0.299. The van der Waals surface area contributed by atoms with Crippen LogP contribution in [0.5, 0.6) is 0 Å². The predicted octanol–water partition coefficient (Wildman–Crippen LogP) is 2.46. The molecule has 5 heteroatoms. The van der Waals surface area contributed by atoms with Crippen molar-refractivity contribution in [2.75, 3.05) is 19.8 Å². The van der Waals surface area contributed by atoms with Crippen LogP contribution in [0.1, 0.15) is 53.9 Å². The number of sulfonamides is 1. The molecule has 0 saturated heterocycles. The van der Waals surface area contributed by atoms with E-state index in [1.165, 1.54) is 10.6 Å². The lowest BCUT2D eigenvalue weighted by atomic mass is 9.85. The summed E-state index contributed by atoms with van der Waals surface area (Å²) in [6, 6.07) is 0.467. The van der Waals surface area contributed by atoms with Crippen molar-refractivity contribution in [2.45, 2.75) is 65.5 Å². The van der Waals surface area contributed by atoms with Gasteiger partial charge in [0.05, 0.1) is 6.26 Å². The van der Waals surface area contributed by atoms with E-state index in [1.54, 1.807) is 7.05 Å². The summed E-state index contributed by atoms with van der Waals surface area (Å²) < 4.78 is 25.1. The van der Waals surface area contributed by atoms with E-state index in [9.17, 15) is 8.42 Å². The van der Waals surface area contributed by atoms with Crippen molar-refractivity contribution in [3.05, 3.63) is 0 Å². The Balaban J connectivity index is 4.84. The first-order chi connectivity index (χ1) is 8.56. The summed E-state index contributed by atoms with van der Waals surface area (Å²) >= 11 is 0. The van der Waals surface area contributed by atoms with E-state index in [0.717, 1.165) is 25.8 Å². The van der Waals surface area contributed by atoms with Crippen LogP contribution in [-0.2, 0) is 10.0 Å². The van der Waals surface area contributed by atoms with E-state index in [-0.39, 0.29) is 5.54 Å². The van der Waals surface area contributed by atoms with Gasteiger partial charge >= 0.3 is 0 Å². The van der Waals surface area contributed by atoms with Crippen LogP contribution in [0, 0.1) is 5.92 Å². The summed E-state index contributed by atoms with van der Waals surface area (Å²) in [5, 5.41) is 3.45. The van der Waals surface area contributed by atoms with Gasteiger partial charge in [0.1, 0.15) is 0 Å². The van der Waals surface area contributed by atoms with Crippen molar-refractivity contribution in [3.8, 4) is 0 Å². The van der Waals surface area contributed by atoms with Gasteiger partial charge in [0, 0.05) is 18.6 Å². The standard InChI is InChI=1S/C14H32N2O2S/c1-8-13(11-15-12(3)4)10-14(5,9-2)16(6)19(7,17)18/h12-13,15H,8-11H2,1-7H3. The SMILES string of the molecule is CCC(CNC(C)C)CC(C)(CC)N(C)S(C)(=O)=O. The van der Waals surface area contributed by atoms with E-state index in [0.29, 0.717) is 12.0 Å². The highest BCUT2D eigenvalue weighted by molar-refractivity contribution is 7.88. The lowest BCUT2D eigenvalue weighted by Crippen LogP contribution is -2.48. The topological polar surface area (TPSA) is 49.4 Å². The van der Waals surface area contributed by atoms with Crippen molar-refractivity contribution in [1.29, 1.82) is 0 Å². The maximum absolute atomic E-state index is 11.8. The van der Waals surface area contributed by atoms with Gasteiger partial charge < -0.3 is 5.32 Å². The Hall–Kier alpha value is -0.130. The molecule has 0 bridgehead atoms. The van der Waals surface area contributed by atoms with Crippen molar-refractivity contribution < 1.29 is 8.42 Å². The highest BCUT2D eigenvalue weighted by Crippen LogP contribution is 2.29. The van der Waals surface area contributed by atoms with Gasteiger partial charge in [-0.1, -0.05) is 34.1 Å². The summed E-state index contributed by atoms with van der Waals surface area (Å²) in [7, 11) is -1.45. The zero-order valence-corrected chi connectivity index (χ0v) is 14.5. The Morgan fingerprint density at radius 3 is 2.11 bits per heavy atom. The van der Waals surface area contributed by atoms with E-state index >= 15 is 0 Å². The van der Waals surface area contributed by atoms with Crippen molar-refractivity contribution in [1.82, 2.24) is 9.62 Å². The molecule has 0 aliphatic rings. The van der Waals surface area contributed by atoms with E-state index in [2.05, 4.69) is 33.0 Å². The van der Waals surface area contributed by atoms with Gasteiger partial charge in [0.2, 0.25) is 10.0 Å². The molecular formula is C14H32N2O2S. The Bertz CT molecular complexity index is 354. The molecule has 0 amide bonds. The quantitative estimate of drug-likeness (QED) is 0.710. The Kier molecular flexibility index (Phi) is 7.55. The Morgan fingerprint density at radius 2 is 1.79 bits per heavy atom. The van der Waals surface area contributed by atoms with Crippen LogP contribution >= 0.6 is 0 Å². The van der Waals surface area contributed by atoms with Gasteiger partial charge in [-0.3, -0.25) is 0 Å². The average Bonchev–Trinajstić information content (AvgIpc) is 2.31. The summed E-state index contributed by atoms with van der Waals surface area (Å²) in [6.07, 6.45) is 4.07. The van der Waals surface area contributed by atoms with Crippen LogP contribution in [0.4, 0.5) is 0 Å². The molecule has 116 valence electrons. The normalized spacial score (nSPS) is 17.7. The molecule has 1 N–H and O–H groups in total. The van der Waals surface area contributed by atoms with Gasteiger partial charge in [-0.15, -0.1) is 0 Å². The fraction of sp³-hybridized carbons (Fsp3) is 1.00. The summed E-state index contributed by atoms with van der Waals surface area (Å²) in [4.78, 5) is 0. The maximum atomic E-state index is 11.8. The zero-order chi connectivity index (χ0) is 15.3. The van der Waals surface area contributed by atoms with E-state index < -0.39 is 10.0 Å². The number of nitrogens with one attached hydrogen (secondary N) is 1. The molecule has 0 aliphatic carbocycles. The number of hydrogen-bond donors (Lipinski definition) is 1. The first kappa shape index (κ1) is 18.9. The molecule has 0 spiro atoms. The van der Waals surface area contributed by atoms with Crippen LogP contribution in [0.2, 0.25) is 0 Å². The Morgan fingerprint density at radius 1 is 1.26 bits per heavy atom. The average molecular weight is 292 g/mol. The molecule has 0 aromatic rings. The third-order valence-corrected chi connectivity index (χ3v) is 5.58.